The molecule has 1 aromatic carbocycles. The number of ketones is 1. The average molecular weight is 280 g/mol. The van der Waals surface area contributed by atoms with Crippen LogP contribution in [0.4, 0.5) is 0 Å². The molecule has 0 spiro atoms. The molecule has 0 bridgehead atoms. The van der Waals surface area contributed by atoms with Gasteiger partial charge in [-0.15, -0.1) is 0 Å². The van der Waals surface area contributed by atoms with Crippen molar-refractivity contribution in [1.82, 2.24) is 0 Å². The fourth-order valence-corrected chi connectivity index (χ4v) is 1.39. The van der Waals surface area contributed by atoms with Crippen LogP contribution < -0.4 is 9.47 Å². The molecule has 1 rings (SSSR count). The summed E-state index contributed by atoms with van der Waals surface area (Å²) in [4.78, 5) is 23.7. The summed E-state index contributed by atoms with van der Waals surface area (Å²) in [6.45, 7) is 5.07. The fourth-order valence-electron chi connectivity index (χ4n) is 1.39. The zero-order valence-electron chi connectivity index (χ0n) is 12.5. The van der Waals surface area contributed by atoms with Crippen LogP contribution in [0, 0.1) is 5.41 Å². The molecular weight excluding hydrogens is 260 g/mol. The van der Waals surface area contributed by atoms with Crippen LogP contribution in [0.1, 0.15) is 31.1 Å². The number of Topliss-reactive ketones (excluding diaryl/α,β-unsaturated/α-hetero) is 1. The van der Waals surface area contributed by atoms with Crippen LogP contribution in [0.3, 0.4) is 0 Å². The Kier molecular flexibility index (Phi) is 5.13. The van der Waals surface area contributed by atoms with Gasteiger partial charge in [0.25, 0.3) is 0 Å². The molecule has 0 amide bonds. The normalized spacial score (nSPS) is 10.8. The van der Waals surface area contributed by atoms with Crippen molar-refractivity contribution >= 4 is 11.8 Å². The number of methoxy groups -OCH3 is 2. The highest BCUT2D eigenvalue weighted by Crippen LogP contribution is 2.25. The van der Waals surface area contributed by atoms with E-state index in [1.807, 2.05) is 0 Å². The fraction of sp³-hybridized carbons (Fsp3) is 0.467. The summed E-state index contributed by atoms with van der Waals surface area (Å²) in [5.41, 5.74) is -0.278. The Labute approximate surface area is 118 Å². The Morgan fingerprint density at radius 2 is 1.75 bits per heavy atom. The van der Waals surface area contributed by atoms with Gasteiger partial charge in [0.1, 0.15) is 17.1 Å². The number of carbonyl (C=O) groups is 2. The average Bonchev–Trinajstić information content (AvgIpc) is 2.42. The van der Waals surface area contributed by atoms with Crippen molar-refractivity contribution in [3.63, 3.8) is 0 Å². The van der Waals surface area contributed by atoms with E-state index >= 15 is 0 Å². The van der Waals surface area contributed by atoms with E-state index in [4.69, 9.17) is 14.2 Å². The van der Waals surface area contributed by atoms with Gasteiger partial charge in [-0.3, -0.25) is 4.79 Å². The zero-order chi connectivity index (χ0) is 15.3. The first-order valence-corrected chi connectivity index (χ1v) is 6.22. The first-order valence-electron chi connectivity index (χ1n) is 6.22. The van der Waals surface area contributed by atoms with Gasteiger partial charge in [0, 0.05) is 11.5 Å². The van der Waals surface area contributed by atoms with Crippen LogP contribution in [0.5, 0.6) is 11.5 Å². The number of hydrogen-bond acceptors (Lipinski definition) is 5. The van der Waals surface area contributed by atoms with Crippen LogP contribution in [-0.4, -0.2) is 32.6 Å². The predicted octanol–water partition coefficient (Wildman–Crippen LogP) is 2.48. The van der Waals surface area contributed by atoms with Gasteiger partial charge in [0.2, 0.25) is 0 Å². The van der Waals surface area contributed by atoms with Crippen molar-refractivity contribution in [1.29, 1.82) is 0 Å². The summed E-state index contributed by atoms with van der Waals surface area (Å²) < 4.78 is 15.2. The molecule has 0 fully saturated rings. The molecular formula is C15H20O5. The molecule has 0 aromatic heterocycles. The lowest BCUT2D eigenvalue weighted by molar-refractivity contribution is -0.129. The number of hydrogen-bond donors (Lipinski definition) is 0. The highest BCUT2D eigenvalue weighted by molar-refractivity contribution is 5.95. The lowest BCUT2D eigenvalue weighted by Crippen LogP contribution is -2.26. The molecule has 0 heterocycles. The van der Waals surface area contributed by atoms with Gasteiger partial charge in [0.15, 0.2) is 12.4 Å². The second kappa shape index (κ2) is 6.41. The maximum Gasteiger partial charge on any atom is 0.342 e. The van der Waals surface area contributed by atoms with E-state index in [1.54, 1.807) is 39.0 Å². The van der Waals surface area contributed by atoms with Crippen LogP contribution in [0.15, 0.2) is 18.2 Å². The lowest BCUT2D eigenvalue weighted by Gasteiger charge is -2.16. The highest BCUT2D eigenvalue weighted by Gasteiger charge is 2.23. The lowest BCUT2D eigenvalue weighted by atomic mass is 9.91. The zero-order valence-corrected chi connectivity index (χ0v) is 12.5. The van der Waals surface area contributed by atoms with Gasteiger partial charge >= 0.3 is 5.97 Å². The third kappa shape index (κ3) is 3.98. The van der Waals surface area contributed by atoms with Gasteiger partial charge in [-0.2, -0.15) is 0 Å². The molecule has 5 heteroatoms. The van der Waals surface area contributed by atoms with Crippen molar-refractivity contribution in [3.05, 3.63) is 23.8 Å². The number of carbonyl (C=O) groups excluding carboxylic acids is 2. The van der Waals surface area contributed by atoms with Gasteiger partial charge in [-0.05, 0) is 12.1 Å². The molecule has 5 nitrogen and oxygen atoms in total. The van der Waals surface area contributed by atoms with Crippen molar-refractivity contribution in [3.8, 4) is 11.5 Å². The van der Waals surface area contributed by atoms with Gasteiger partial charge in [-0.25, -0.2) is 4.79 Å². The monoisotopic (exact) mass is 280 g/mol. The summed E-state index contributed by atoms with van der Waals surface area (Å²) in [6.07, 6.45) is 0. The Hall–Kier alpha value is -2.04. The highest BCUT2D eigenvalue weighted by atomic mass is 16.5. The first-order chi connectivity index (χ1) is 9.29. The molecule has 1 aromatic rings. The standard InChI is InChI=1S/C15H20O5/c1-15(2,3)13(16)9-20-14(17)11-7-6-10(18-4)8-12(11)19-5/h6-8H,9H2,1-5H3. The van der Waals surface area contributed by atoms with Crippen LogP contribution >= 0.6 is 0 Å². The molecule has 0 saturated heterocycles. The van der Waals surface area contributed by atoms with E-state index < -0.39 is 11.4 Å². The third-order valence-corrected chi connectivity index (χ3v) is 2.80. The number of esters is 1. The molecule has 0 aliphatic carbocycles. The summed E-state index contributed by atoms with van der Waals surface area (Å²) in [5, 5.41) is 0. The Morgan fingerprint density at radius 1 is 1.10 bits per heavy atom. The smallest absolute Gasteiger partial charge is 0.342 e. The summed E-state index contributed by atoms with van der Waals surface area (Å²) >= 11 is 0. The molecule has 0 radical (unpaired) electrons. The summed E-state index contributed by atoms with van der Waals surface area (Å²) in [7, 11) is 2.97. The molecule has 0 aliphatic rings. The minimum atomic E-state index is -0.595. The van der Waals surface area contributed by atoms with E-state index in [2.05, 4.69) is 0 Å². The summed E-state index contributed by atoms with van der Waals surface area (Å²) in [6, 6.07) is 4.76. The van der Waals surface area contributed by atoms with E-state index in [-0.39, 0.29) is 18.0 Å². The second-order valence-corrected chi connectivity index (χ2v) is 5.32. The second-order valence-electron chi connectivity index (χ2n) is 5.32. The van der Waals surface area contributed by atoms with Gasteiger partial charge in [-0.1, -0.05) is 20.8 Å². The first kappa shape index (κ1) is 16.0. The van der Waals surface area contributed by atoms with E-state index in [1.165, 1.54) is 14.2 Å². The van der Waals surface area contributed by atoms with Crippen molar-refractivity contribution in [2.45, 2.75) is 20.8 Å². The molecule has 0 N–H and O–H groups in total. The minimum Gasteiger partial charge on any atom is -0.497 e. The maximum absolute atomic E-state index is 12.0. The van der Waals surface area contributed by atoms with E-state index in [0.29, 0.717) is 11.5 Å². The predicted molar refractivity (Wildman–Crippen MR) is 74.3 cm³/mol. The summed E-state index contributed by atoms with van der Waals surface area (Å²) in [5.74, 6) is 0.183. The van der Waals surface area contributed by atoms with Crippen molar-refractivity contribution in [2.24, 2.45) is 5.41 Å². The Balaban J connectivity index is 2.80. The maximum atomic E-state index is 12.0. The third-order valence-electron chi connectivity index (χ3n) is 2.80. The van der Waals surface area contributed by atoms with Crippen LogP contribution in [0.25, 0.3) is 0 Å². The van der Waals surface area contributed by atoms with Crippen molar-refractivity contribution < 1.29 is 23.8 Å². The Morgan fingerprint density at radius 3 is 2.25 bits per heavy atom. The molecule has 0 saturated carbocycles. The molecule has 20 heavy (non-hydrogen) atoms. The quantitative estimate of drug-likeness (QED) is 0.775. The van der Waals surface area contributed by atoms with Crippen LogP contribution in [-0.2, 0) is 9.53 Å². The molecule has 0 unspecified atom stereocenters. The van der Waals surface area contributed by atoms with E-state index in [9.17, 15) is 9.59 Å². The molecule has 110 valence electrons. The molecule has 0 aliphatic heterocycles. The van der Waals surface area contributed by atoms with Crippen molar-refractivity contribution in [2.75, 3.05) is 20.8 Å². The minimum absolute atomic E-state index is 0.140. The largest absolute Gasteiger partial charge is 0.497 e. The van der Waals surface area contributed by atoms with Gasteiger partial charge < -0.3 is 14.2 Å². The number of benzene rings is 1. The van der Waals surface area contributed by atoms with Crippen LogP contribution in [0.2, 0.25) is 0 Å². The Bertz CT molecular complexity index is 499. The number of ether oxygens (including phenoxy) is 3. The topological polar surface area (TPSA) is 61.8 Å². The SMILES string of the molecule is COc1ccc(C(=O)OCC(=O)C(C)(C)C)c(OC)c1. The molecule has 0 atom stereocenters. The van der Waals surface area contributed by atoms with Gasteiger partial charge in [0.05, 0.1) is 14.2 Å². The number of rotatable bonds is 5. The van der Waals surface area contributed by atoms with E-state index in [0.717, 1.165) is 0 Å².